The van der Waals surface area contributed by atoms with Crippen LogP contribution in [0.3, 0.4) is 0 Å². The van der Waals surface area contributed by atoms with Gasteiger partial charge in [-0.15, -0.1) is 0 Å². The van der Waals surface area contributed by atoms with Crippen molar-refractivity contribution in [1.82, 2.24) is 29.8 Å². The van der Waals surface area contributed by atoms with Gasteiger partial charge >= 0.3 is 0 Å². The molecule has 2 aromatic heterocycles. The summed E-state index contributed by atoms with van der Waals surface area (Å²) >= 11 is 0. The highest BCUT2D eigenvalue weighted by molar-refractivity contribution is 7.88. The van der Waals surface area contributed by atoms with Gasteiger partial charge < -0.3 is 4.90 Å². The summed E-state index contributed by atoms with van der Waals surface area (Å²) < 4.78 is 26.1. The molecule has 3 heterocycles. The zero-order valence-electron chi connectivity index (χ0n) is 16.6. The maximum absolute atomic E-state index is 13.2. The first kappa shape index (κ1) is 20.2. The molecule has 0 bridgehead atoms. The summed E-state index contributed by atoms with van der Waals surface area (Å²) in [6, 6.07) is 13.9. The summed E-state index contributed by atoms with van der Waals surface area (Å²) in [4.78, 5) is 23.7. The molecule has 2 N–H and O–H groups in total. The molecule has 4 rings (SSSR count). The second-order valence-electron chi connectivity index (χ2n) is 7.37. The van der Waals surface area contributed by atoms with E-state index in [1.54, 1.807) is 17.0 Å². The van der Waals surface area contributed by atoms with Crippen molar-refractivity contribution in [2.45, 2.75) is 25.4 Å². The summed E-state index contributed by atoms with van der Waals surface area (Å²) in [6.45, 7) is 2.03. The molecule has 1 amide bonds. The van der Waals surface area contributed by atoms with E-state index < -0.39 is 22.1 Å². The number of aryl methyl sites for hydroxylation is 1. The summed E-state index contributed by atoms with van der Waals surface area (Å²) in [5, 5.41) is 7.21. The van der Waals surface area contributed by atoms with Gasteiger partial charge in [-0.1, -0.05) is 36.4 Å². The maximum atomic E-state index is 13.2. The molecular weight excluding hydrogens is 404 g/mol. The van der Waals surface area contributed by atoms with Gasteiger partial charge in [0.15, 0.2) is 5.82 Å². The van der Waals surface area contributed by atoms with E-state index in [0.717, 1.165) is 17.5 Å². The van der Waals surface area contributed by atoms with E-state index in [2.05, 4.69) is 24.9 Å². The number of nitrogens with one attached hydrogen (secondary N) is 2. The third kappa shape index (κ3) is 4.39. The van der Waals surface area contributed by atoms with Crippen LogP contribution in [0.2, 0.25) is 0 Å². The molecule has 1 fully saturated rings. The highest BCUT2D eigenvalue weighted by Gasteiger charge is 2.40. The number of carbonyl (C=O) groups is 1. The predicted octanol–water partition coefficient (Wildman–Crippen LogP) is 1.68. The van der Waals surface area contributed by atoms with Crippen molar-refractivity contribution in [3.8, 4) is 11.4 Å². The Bertz CT molecular complexity index is 1160. The Morgan fingerprint density at radius 1 is 1.13 bits per heavy atom. The van der Waals surface area contributed by atoms with E-state index in [1.165, 1.54) is 0 Å². The average Bonchev–Trinajstić information content (AvgIpc) is 3.34. The SMILES string of the molecule is Cc1cccc(C(=O)N2C[C@@H](NS(C)(=O)=O)C[C@H]2c2nc(-c3ccccc3)n[nH]2)n1. The van der Waals surface area contributed by atoms with Crippen molar-refractivity contribution in [2.75, 3.05) is 12.8 Å². The molecule has 0 aliphatic carbocycles. The first-order chi connectivity index (χ1) is 14.3. The van der Waals surface area contributed by atoms with Crippen LogP contribution >= 0.6 is 0 Å². The molecule has 156 valence electrons. The molecule has 2 atom stereocenters. The lowest BCUT2D eigenvalue weighted by atomic mass is 10.1. The number of hydrogen-bond acceptors (Lipinski definition) is 6. The number of carbonyl (C=O) groups excluding carboxylic acids is 1. The van der Waals surface area contributed by atoms with Crippen molar-refractivity contribution in [3.63, 3.8) is 0 Å². The fraction of sp³-hybridized carbons (Fsp3) is 0.300. The smallest absolute Gasteiger partial charge is 0.273 e. The van der Waals surface area contributed by atoms with Crippen molar-refractivity contribution in [1.29, 1.82) is 0 Å². The molecule has 0 unspecified atom stereocenters. The number of likely N-dealkylation sites (tertiary alicyclic amines) is 1. The zero-order chi connectivity index (χ0) is 21.3. The number of aromatic nitrogens is 4. The lowest BCUT2D eigenvalue weighted by Gasteiger charge is -2.22. The maximum Gasteiger partial charge on any atom is 0.273 e. The lowest BCUT2D eigenvalue weighted by Crippen LogP contribution is -2.38. The van der Waals surface area contributed by atoms with Crippen molar-refractivity contribution >= 4 is 15.9 Å². The summed E-state index contributed by atoms with van der Waals surface area (Å²) in [7, 11) is -3.42. The highest BCUT2D eigenvalue weighted by atomic mass is 32.2. The normalized spacial score (nSPS) is 19.2. The molecule has 0 spiro atoms. The summed E-state index contributed by atoms with van der Waals surface area (Å²) in [5.41, 5.74) is 1.89. The molecule has 3 aromatic rings. The lowest BCUT2D eigenvalue weighted by molar-refractivity contribution is 0.0722. The van der Waals surface area contributed by atoms with Crippen LogP contribution in [0, 0.1) is 6.92 Å². The topological polar surface area (TPSA) is 121 Å². The Balaban J connectivity index is 1.66. The molecule has 1 aliphatic heterocycles. The number of H-pyrrole nitrogens is 1. The van der Waals surface area contributed by atoms with E-state index in [4.69, 9.17) is 0 Å². The van der Waals surface area contributed by atoms with Gasteiger partial charge in [0.2, 0.25) is 10.0 Å². The number of rotatable bonds is 5. The molecule has 1 saturated heterocycles. The predicted molar refractivity (Wildman–Crippen MR) is 111 cm³/mol. The third-order valence-corrected chi connectivity index (χ3v) is 5.66. The molecule has 0 radical (unpaired) electrons. The molecule has 9 nitrogen and oxygen atoms in total. The van der Waals surface area contributed by atoms with Crippen LogP contribution < -0.4 is 4.72 Å². The Morgan fingerprint density at radius 3 is 2.60 bits per heavy atom. The number of aromatic amines is 1. The van der Waals surface area contributed by atoms with Crippen molar-refractivity contribution in [3.05, 3.63) is 65.7 Å². The minimum Gasteiger partial charge on any atom is -0.325 e. The summed E-state index contributed by atoms with van der Waals surface area (Å²) in [5.74, 6) is 0.748. The fourth-order valence-electron chi connectivity index (χ4n) is 3.66. The first-order valence-corrected chi connectivity index (χ1v) is 11.4. The van der Waals surface area contributed by atoms with Crippen LogP contribution in [-0.2, 0) is 10.0 Å². The molecular formula is C20H22N6O3S. The fourth-order valence-corrected chi connectivity index (χ4v) is 4.43. The van der Waals surface area contributed by atoms with Gasteiger partial charge in [0.05, 0.1) is 12.3 Å². The van der Waals surface area contributed by atoms with Crippen LogP contribution in [0.25, 0.3) is 11.4 Å². The summed E-state index contributed by atoms with van der Waals surface area (Å²) in [6.07, 6.45) is 1.49. The first-order valence-electron chi connectivity index (χ1n) is 9.50. The third-order valence-electron chi connectivity index (χ3n) is 4.90. The highest BCUT2D eigenvalue weighted by Crippen LogP contribution is 2.32. The van der Waals surface area contributed by atoms with Crippen LogP contribution in [0.5, 0.6) is 0 Å². The van der Waals surface area contributed by atoms with Gasteiger partial charge in [-0.3, -0.25) is 9.89 Å². The van der Waals surface area contributed by atoms with E-state index in [1.807, 2.05) is 43.3 Å². The number of sulfonamides is 1. The van der Waals surface area contributed by atoms with E-state index in [9.17, 15) is 13.2 Å². The van der Waals surface area contributed by atoms with Crippen LogP contribution in [0.15, 0.2) is 48.5 Å². The Morgan fingerprint density at radius 2 is 1.90 bits per heavy atom. The van der Waals surface area contributed by atoms with Gasteiger partial charge in [-0.2, -0.15) is 5.10 Å². The van der Waals surface area contributed by atoms with Crippen LogP contribution in [0.1, 0.15) is 34.5 Å². The van der Waals surface area contributed by atoms with E-state index >= 15 is 0 Å². The second kappa shape index (κ2) is 7.96. The molecule has 0 saturated carbocycles. The monoisotopic (exact) mass is 426 g/mol. The standard InChI is InChI=1S/C20H22N6O3S/c1-13-7-6-10-16(21-13)20(27)26-12-15(25-30(2,28)29)11-17(26)19-22-18(23-24-19)14-8-4-3-5-9-14/h3-10,15,17,25H,11-12H2,1-2H3,(H,22,23,24)/t15-,17-/m0/s1. The molecule has 10 heteroatoms. The number of hydrogen-bond donors (Lipinski definition) is 2. The molecule has 1 aromatic carbocycles. The minimum atomic E-state index is -3.42. The molecule has 1 aliphatic rings. The van der Waals surface area contributed by atoms with E-state index in [-0.39, 0.29) is 12.5 Å². The number of benzene rings is 1. The van der Waals surface area contributed by atoms with Crippen LogP contribution in [0.4, 0.5) is 0 Å². The van der Waals surface area contributed by atoms with Crippen molar-refractivity contribution < 1.29 is 13.2 Å². The van der Waals surface area contributed by atoms with Gasteiger partial charge in [-0.05, 0) is 25.5 Å². The Hall–Kier alpha value is -3.11. The van der Waals surface area contributed by atoms with Crippen LogP contribution in [-0.4, -0.2) is 58.2 Å². The minimum absolute atomic E-state index is 0.216. The second-order valence-corrected chi connectivity index (χ2v) is 9.15. The van der Waals surface area contributed by atoms with Gasteiger partial charge in [0.1, 0.15) is 11.5 Å². The van der Waals surface area contributed by atoms with E-state index in [0.29, 0.717) is 23.8 Å². The van der Waals surface area contributed by atoms with Gasteiger partial charge in [0, 0.05) is 23.8 Å². The van der Waals surface area contributed by atoms with Gasteiger partial charge in [-0.25, -0.2) is 23.1 Å². The van der Waals surface area contributed by atoms with Gasteiger partial charge in [0.25, 0.3) is 5.91 Å². The Labute approximate surface area is 174 Å². The number of pyridine rings is 1. The number of nitrogens with zero attached hydrogens (tertiary/aromatic N) is 4. The largest absolute Gasteiger partial charge is 0.325 e. The number of amides is 1. The average molecular weight is 427 g/mol. The molecule has 30 heavy (non-hydrogen) atoms. The quantitative estimate of drug-likeness (QED) is 0.640. The Kier molecular flexibility index (Phi) is 5.35. The zero-order valence-corrected chi connectivity index (χ0v) is 17.4. The van der Waals surface area contributed by atoms with Crippen molar-refractivity contribution in [2.24, 2.45) is 0 Å².